The van der Waals surface area contributed by atoms with E-state index in [1.807, 2.05) is 38.1 Å². The van der Waals surface area contributed by atoms with Crippen LogP contribution >= 0.6 is 11.8 Å². The van der Waals surface area contributed by atoms with E-state index in [2.05, 4.69) is 16.3 Å². The molecule has 6 heteroatoms. The number of thioether (sulfide) groups is 1. The summed E-state index contributed by atoms with van der Waals surface area (Å²) in [4.78, 5) is 15.6. The van der Waals surface area contributed by atoms with Gasteiger partial charge in [0.15, 0.2) is 0 Å². The summed E-state index contributed by atoms with van der Waals surface area (Å²) < 4.78 is 5.65. The van der Waals surface area contributed by atoms with Crippen LogP contribution in [0, 0.1) is 11.3 Å². The molecule has 1 saturated heterocycles. The highest BCUT2D eigenvalue weighted by Crippen LogP contribution is 2.31. The number of ether oxygens (including phenoxy) is 1. The maximum absolute atomic E-state index is 12.4. The van der Waals surface area contributed by atoms with Crippen LogP contribution in [0.25, 0.3) is 0 Å². The maximum atomic E-state index is 12.4. The Kier molecular flexibility index (Phi) is 8.26. The molecular formula is C19H27N3O2S. The molecule has 0 unspecified atom stereocenters. The number of nitrogens with zero attached hydrogens (tertiary/aromatic N) is 2. The van der Waals surface area contributed by atoms with Crippen molar-refractivity contribution in [1.29, 1.82) is 5.26 Å². The number of anilines is 1. The van der Waals surface area contributed by atoms with E-state index in [0.29, 0.717) is 19.1 Å². The standard InChI is InChI=1S/C19H27N3O2S/c1-3-24-16-9-12-22(13-10-16)14-19(23)21-17-6-4-5-7-18(17)25-15(2)8-11-20/h4-7,15-16H,3,8-10,12-14H2,1-2H3,(H,21,23)/t15-/m1/s1. The molecule has 1 fully saturated rings. The Morgan fingerprint density at radius 3 is 2.84 bits per heavy atom. The number of nitrogens with one attached hydrogen (secondary N) is 1. The number of piperidine rings is 1. The fourth-order valence-electron chi connectivity index (χ4n) is 2.92. The van der Waals surface area contributed by atoms with Gasteiger partial charge in [0.1, 0.15) is 0 Å². The van der Waals surface area contributed by atoms with Gasteiger partial charge >= 0.3 is 0 Å². The minimum Gasteiger partial charge on any atom is -0.378 e. The first-order chi connectivity index (χ1) is 12.1. The molecule has 1 aliphatic heterocycles. The second-order valence-electron chi connectivity index (χ2n) is 6.27. The van der Waals surface area contributed by atoms with Crippen LogP contribution < -0.4 is 5.32 Å². The van der Waals surface area contributed by atoms with Gasteiger partial charge in [0.05, 0.1) is 24.4 Å². The summed E-state index contributed by atoms with van der Waals surface area (Å²) in [5.41, 5.74) is 0.825. The number of amides is 1. The van der Waals surface area contributed by atoms with E-state index >= 15 is 0 Å². The average molecular weight is 362 g/mol. The third-order valence-electron chi connectivity index (χ3n) is 4.17. The van der Waals surface area contributed by atoms with E-state index in [9.17, 15) is 4.79 Å². The van der Waals surface area contributed by atoms with E-state index in [4.69, 9.17) is 10.00 Å². The largest absolute Gasteiger partial charge is 0.378 e. The maximum Gasteiger partial charge on any atom is 0.238 e. The number of rotatable bonds is 8. The van der Waals surface area contributed by atoms with Crippen molar-refractivity contribution in [2.75, 3.05) is 31.6 Å². The Morgan fingerprint density at radius 1 is 1.44 bits per heavy atom. The van der Waals surface area contributed by atoms with Crippen LogP contribution in [-0.4, -0.2) is 48.4 Å². The molecule has 1 atom stereocenters. The lowest BCUT2D eigenvalue weighted by Gasteiger charge is -2.31. The summed E-state index contributed by atoms with van der Waals surface area (Å²) in [6.07, 6.45) is 2.79. The van der Waals surface area contributed by atoms with E-state index in [0.717, 1.165) is 43.1 Å². The number of carbonyl (C=O) groups is 1. The Balaban J connectivity index is 1.86. The zero-order chi connectivity index (χ0) is 18.1. The fourth-order valence-corrected chi connectivity index (χ4v) is 3.92. The van der Waals surface area contributed by atoms with Crippen molar-refractivity contribution in [3.63, 3.8) is 0 Å². The quantitative estimate of drug-likeness (QED) is 0.718. The molecule has 0 aliphatic carbocycles. The Bertz CT molecular complexity index is 595. The van der Waals surface area contributed by atoms with Crippen LogP contribution in [0.15, 0.2) is 29.2 Å². The number of benzene rings is 1. The number of carbonyl (C=O) groups excluding carboxylic acids is 1. The Morgan fingerprint density at radius 2 is 2.16 bits per heavy atom. The summed E-state index contributed by atoms with van der Waals surface area (Å²) in [6, 6.07) is 9.97. The third kappa shape index (κ3) is 6.69. The molecule has 1 N–H and O–H groups in total. The predicted octanol–water partition coefficient (Wildman–Crippen LogP) is 3.52. The smallest absolute Gasteiger partial charge is 0.238 e. The first-order valence-electron chi connectivity index (χ1n) is 8.88. The number of hydrogen-bond donors (Lipinski definition) is 1. The number of likely N-dealkylation sites (tertiary alicyclic amines) is 1. The number of nitriles is 1. The topological polar surface area (TPSA) is 65.4 Å². The summed E-state index contributed by atoms with van der Waals surface area (Å²) in [7, 11) is 0. The molecule has 136 valence electrons. The molecule has 1 aliphatic rings. The molecule has 25 heavy (non-hydrogen) atoms. The van der Waals surface area contributed by atoms with E-state index < -0.39 is 0 Å². The summed E-state index contributed by atoms with van der Waals surface area (Å²) >= 11 is 1.62. The zero-order valence-electron chi connectivity index (χ0n) is 15.0. The van der Waals surface area contributed by atoms with Crippen molar-refractivity contribution in [3.8, 4) is 6.07 Å². The second-order valence-corrected chi connectivity index (χ2v) is 7.75. The molecule has 1 aromatic rings. The minimum absolute atomic E-state index is 0.0100. The molecule has 0 bridgehead atoms. The summed E-state index contributed by atoms with van der Waals surface area (Å²) in [6.45, 7) is 7.00. The average Bonchev–Trinajstić information content (AvgIpc) is 2.59. The molecule has 1 aromatic carbocycles. The van der Waals surface area contributed by atoms with E-state index in [1.165, 1.54) is 0 Å². The van der Waals surface area contributed by atoms with Gasteiger partial charge in [-0.15, -0.1) is 11.8 Å². The first kappa shape index (κ1) is 19.8. The molecule has 5 nitrogen and oxygen atoms in total. The van der Waals surface area contributed by atoms with Gasteiger partial charge in [-0.1, -0.05) is 19.1 Å². The van der Waals surface area contributed by atoms with Crippen molar-refractivity contribution < 1.29 is 9.53 Å². The monoisotopic (exact) mass is 361 g/mol. The molecular weight excluding hydrogens is 334 g/mol. The van der Waals surface area contributed by atoms with Crippen molar-refractivity contribution in [1.82, 2.24) is 4.90 Å². The van der Waals surface area contributed by atoms with E-state index in [1.54, 1.807) is 11.8 Å². The van der Waals surface area contributed by atoms with Crippen LogP contribution in [-0.2, 0) is 9.53 Å². The zero-order valence-corrected chi connectivity index (χ0v) is 15.8. The number of para-hydroxylation sites is 1. The molecule has 0 radical (unpaired) electrons. The SMILES string of the molecule is CCOC1CCN(CC(=O)Nc2ccccc2S[C@H](C)CC#N)CC1. The van der Waals surface area contributed by atoms with Crippen LogP contribution in [0.3, 0.4) is 0 Å². The lowest BCUT2D eigenvalue weighted by Crippen LogP contribution is -2.41. The fraction of sp³-hybridized carbons (Fsp3) is 0.579. The molecule has 1 amide bonds. The van der Waals surface area contributed by atoms with Gasteiger partial charge in [-0.05, 0) is 31.9 Å². The minimum atomic E-state index is 0.0100. The summed E-state index contributed by atoms with van der Waals surface area (Å²) in [5, 5.41) is 12.0. The number of hydrogen-bond acceptors (Lipinski definition) is 5. The molecule has 2 rings (SSSR count). The van der Waals surface area contributed by atoms with Gasteiger partial charge in [0.2, 0.25) is 5.91 Å². The highest BCUT2D eigenvalue weighted by molar-refractivity contribution is 8.00. The highest BCUT2D eigenvalue weighted by atomic mass is 32.2. The normalized spacial score (nSPS) is 17.0. The predicted molar refractivity (Wildman–Crippen MR) is 102 cm³/mol. The van der Waals surface area contributed by atoms with Gasteiger partial charge in [0, 0.05) is 36.3 Å². The Labute approximate surface area is 154 Å². The van der Waals surface area contributed by atoms with Crippen molar-refractivity contribution >= 4 is 23.4 Å². The molecule has 0 aromatic heterocycles. The first-order valence-corrected chi connectivity index (χ1v) is 9.76. The highest BCUT2D eigenvalue weighted by Gasteiger charge is 2.21. The van der Waals surface area contributed by atoms with Crippen LogP contribution in [0.1, 0.15) is 33.1 Å². The van der Waals surface area contributed by atoms with Gasteiger partial charge in [0.25, 0.3) is 0 Å². The van der Waals surface area contributed by atoms with Crippen molar-refractivity contribution in [3.05, 3.63) is 24.3 Å². The third-order valence-corrected chi connectivity index (χ3v) is 5.35. The van der Waals surface area contributed by atoms with Gasteiger partial charge in [-0.2, -0.15) is 5.26 Å². The van der Waals surface area contributed by atoms with Crippen LogP contribution in [0.4, 0.5) is 5.69 Å². The Hall–Kier alpha value is -1.55. The van der Waals surface area contributed by atoms with Gasteiger partial charge in [-0.25, -0.2) is 0 Å². The van der Waals surface area contributed by atoms with E-state index in [-0.39, 0.29) is 11.2 Å². The van der Waals surface area contributed by atoms with Gasteiger partial charge in [-0.3, -0.25) is 9.69 Å². The molecule has 0 saturated carbocycles. The summed E-state index contributed by atoms with van der Waals surface area (Å²) in [5.74, 6) is 0.0100. The van der Waals surface area contributed by atoms with Crippen molar-refractivity contribution in [2.45, 2.75) is 49.4 Å². The second kappa shape index (κ2) is 10.4. The van der Waals surface area contributed by atoms with Crippen LogP contribution in [0.2, 0.25) is 0 Å². The molecule has 1 heterocycles. The van der Waals surface area contributed by atoms with Crippen LogP contribution in [0.5, 0.6) is 0 Å². The lowest BCUT2D eigenvalue weighted by atomic mass is 10.1. The molecule has 0 spiro atoms. The van der Waals surface area contributed by atoms with Crippen molar-refractivity contribution in [2.24, 2.45) is 0 Å². The lowest BCUT2D eigenvalue weighted by molar-refractivity contribution is -0.118. The van der Waals surface area contributed by atoms with Gasteiger partial charge < -0.3 is 10.1 Å².